The Kier molecular flexibility index (Phi) is 5.38. The molecule has 0 atom stereocenters. The zero-order valence-corrected chi connectivity index (χ0v) is 15.3. The molecule has 0 unspecified atom stereocenters. The maximum Gasteiger partial charge on any atom is 0.255 e. The summed E-state index contributed by atoms with van der Waals surface area (Å²) in [5.41, 5.74) is 1.65. The van der Waals surface area contributed by atoms with Crippen molar-refractivity contribution >= 4 is 21.6 Å². The molecule has 1 amide bonds. The Morgan fingerprint density at radius 3 is 2.54 bits per heavy atom. The number of anilines is 1. The Labute approximate surface area is 152 Å². The predicted octanol–water partition coefficient (Wildman–Crippen LogP) is 3.61. The Hall–Kier alpha value is -2.25. The van der Waals surface area contributed by atoms with Crippen LogP contribution in [-0.2, 0) is 10.0 Å². The van der Waals surface area contributed by atoms with Crippen LogP contribution in [0, 0.1) is 12.7 Å². The molecule has 138 valence electrons. The van der Waals surface area contributed by atoms with Crippen LogP contribution in [0.1, 0.15) is 41.6 Å². The quantitative estimate of drug-likeness (QED) is 0.837. The summed E-state index contributed by atoms with van der Waals surface area (Å²) in [6.45, 7) is 1.90. The molecule has 1 saturated carbocycles. The van der Waals surface area contributed by atoms with E-state index in [1.54, 1.807) is 18.2 Å². The Bertz CT molecular complexity index is 922. The molecule has 1 aliphatic rings. The van der Waals surface area contributed by atoms with Crippen LogP contribution in [0.5, 0.6) is 0 Å². The SMILES string of the molecule is Cc1cccc(NC(=O)c2ccc(F)c(S(=O)(=O)NC3CCCC3)c2)c1. The molecule has 5 nitrogen and oxygen atoms in total. The van der Waals surface area contributed by atoms with Gasteiger partial charge in [-0.05, 0) is 55.7 Å². The summed E-state index contributed by atoms with van der Waals surface area (Å²) in [5.74, 6) is -1.37. The molecular formula is C19H21FN2O3S. The molecule has 2 aromatic carbocycles. The molecule has 1 aliphatic carbocycles. The zero-order valence-electron chi connectivity index (χ0n) is 14.5. The minimum absolute atomic E-state index is 0.0831. The van der Waals surface area contributed by atoms with Gasteiger partial charge in [-0.2, -0.15) is 0 Å². The number of amides is 1. The van der Waals surface area contributed by atoms with Crippen molar-refractivity contribution in [3.63, 3.8) is 0 Å². The Morgan fingerprint density at radius 1 is 1.12 bits per heavy atom. The van der Waals surface area contributed by atoms with Gasteiger partial charge in [0.2, 0.25) is 10.0 Å². The maximum absolute atomic E-state index is 14.1. The van der Waals surface area contributed by atoms with E-state index in [9.17, 15) is 17.6 Å². The summed E-state index contributed by atoms with van der Waals surface area (Å²) in [6, 6.07) is 10.4. The average Bonchev–Trinajstić information content (AvgIpc) is 3.07. The standard InChI is InChI=1S/C19H21FN2O3S/c1-13-5-4-8-16(11-13)21-19(23)14-9-10-17(20)18(12-14)26(24,25)22-15-6-2-3-7-15/h4-5,8-12,15,22H,2-3,6-7H2,1H3,(H,21,23). The molecule has 0 bridgehead atoms. The van der Waals surface area contributed by atoms with Gasteiger partial charge in [0.05, 0.1) is 0 Å². The predicted molar refractivity (Wildman–Crippen MR) is 98.1 cm³/mol. The number of hydrogen-bond acceptors (Lipinski definition) is 3. The lowest BCUT2D eigenvalue weighted by atomic mass is 10.2. The molecule has 0 aliphatic heterocycles. The second-order valence-corrected chi connectivity index (χ2v) is 8.25. The highest BCUT2D eigenvalue weighted by atomic mass is 32.2. The highest BCUT2D eigenvalue weighted by Crippen LogP contribution is 2.23. The van der Waals surface area contributed by atoms with Crippen molar-refractivity contribution in [1.29, 1.82) is 0 Å². The lowest BCUT2D eigenvalue weighted by Crippen LogP contribution is -2.33. The van der Waals surface area contributed by atoms with Crippen molar-refractivity contribution in [1.82, 2.24) is 4.72 Å². The summed E-state index contributed by atoms with van der Waals surface area (Å²) in [6.07, 6.45) is 3.39. The first-order valence-corrected chi connectivity index (χ1v) is 10.0. The van der Waals surface area contributed by atoms with Crippen LogP contribution in [0.2, 0.25) is 0 Å². The van der Waals surface area contributed by atoms with Gasteiger partial charge in [-0.15, -0.1) is 0 Å². The molecule has 26 heavy (non-hydrogen) atoms. The molecule has 0 heterocycles. The molecule has 0 aromatic heterocycles. The molecule has 1 fully saturated rings. The summed E-state index contributed by atoms with van der Waals surface area (Å²) < 4.78 is 41.7. The van der Waals surface area contributed by atoms with E-state index >= 15 is 0 Å². The molecular weight excluding hydrogens is 355 g/mol. The summed E-state index contributed by atoms with van der Waals surface area (Å²) in [5, 5.41) is 2.69. The van der Waals surface area contributed by atoms with Gasteiger partial charge in [0.25, 0.3) is 5.91 Å². The van der Waals surface area contributed by atoms with E-state index in [1.807, 2.05) is 13.0 Å². The van der Waals surface area contributed by atoms with E-state index in [0.29, 0.717) is 5.69 Å². The fraction of sp³-hybridized carbons (Fsp3) is 0.316. The number of aryl methyl sites for hydroxylation is 1. The van der Waals surface area contributed by atoms with Gasteiger partial charge >= 0.3 is 0 Å². The fourth-order valence-electron chi connectivity index (χ4n) is 3.10. The number of nitrogens with one attached hydrogen (secondary N) is 2. The fourth-order valence-corrected chi connectivity index (χ4v) is 4.51. The second kappa shape index (κ2) is 7.55. The number of halogens is 1. The lowest BCUT2D eigenvalue weighted by Gasteiger charge is -2.14. The van der Waals surface area contributed by atoms with E-state index in [0.717, 1.165) is 43.4 Å². The van der Waals surface area contributed by atoms with Gasteiger partial charge in [-0.3, -0.25) is 4.79 Å². The number of carbonyl (C=O) groups excluding carboxylic acids is 1. The minimum Gasteiger partial charge on any atom is -0.322 e. The van der Waals surface area contributed by atoms with E-state index in [1.165, 1.54) is 6.07 Å². The molecule has 7 heteroatoms. The molecule has 0 saturated heterocycles. The van der Waals surface area contributed by atoms with Crippen molar-refractivity contribution in [2.75, 3.05) is 5.32 Å². The van der Waals surface area contributed by atoms with Crippen molar-refractivity contribution in [2.24, 2.45) is 0 Å². The van der Waals surface area contributed by atoms with E-state index in [4.69, 9.17) is 0 Å². The van der Waals surface area contributed by atoms with Crippen LogP contribution in [0.4, 0.5) is 10.1 Å². The van der Waals surface area contributed by atoms with Gasteiger partial charge in [-0.25, -0.2) is 17.5 Å². The second-order valence-electron chi connectivity index (χ2n) is 6.57. The third kappa shape index (κ3) is 4.28. The Balaban J connectivity index is 1.83. The number of sulfonamides is 1. The van der Waals surface area contributed by atoms with Crippen LogP contribution in [0.25, 0.3) is 0 Å². The first kappa shape index (κ1) is 18.5. The third-order valence-corrected chi connectivity index (χ3v) is 5.97. The van der Waals surface area contributed by atoms with Crippen LogP contribution in [0.15, 0.2) is 47.4 Å². The third-order valence-electron chi connectivity index (χ3n) is 4.44. The van der Waals surface area contributed by atoms with Crippen molar-refractivity contribution in [3.05, 3.63) is 59.4 Å². The van der Waals surface area contributed by atoms with Crippen molar-refractivity contribution in [3.8, 4) is 0 Å². The summed E-state index contributed by atoms with van der Waals surface area (Å²) in [4.78, 5) is 11.9. The van der Waals surface area contributed by atoms with Crippen LogP contribution in [-0.4, -0.2) is 20.4 Å². The van der Waals surface area contributed by atoms with Gasteiger partial charge in [-0.1, -0.05) is 25.0 Å². The van der Waals surface area contributed by atoms with E-state index in [-0.39, 0.29) is 11.6 Å². The van der Waals surface area contributed by atoms with Gasteiger partial charge in [0.1, 0.15) is 10.7 Å². The molecule has 2 aromatic rings. The molecule has 0 radical (unpaired) electrons. The van der Waals surface area contributed by atoms with E-state index in [2.05, 4.69) is 10.0 Å². The largest absolute Gasteiger partial charge is 0.322 e. The van der Waals surface area contributed by atoms with Crippen LogP contribution >= 0.6 is 0 Å². The smallest absolute Gasteiger partial charge is 0.255 e. The normalized spacial score (nSPS) is 15.2. The summed E-state index contributed by atoms with van der Waals surface area (Å²) >= 11 is 0. The maximum atomic E-state index is 14.1. The minimum atomic E-state index is -4.01. The molecule has 2 N–H and O–H groups in total. The topological polar surface area (TPSA) is 75.3 Å². The zero-order chi connectivity index (χ0) is 18.7. The first-order valence-electron chi connectivity index (χ1n) is 8.55. The Morgan fingerprint density at radius 2 is 1.85 bits per heavy atom. The average molecular weight is 376 g/mol. The molecule has 3 rings (SSSR count). The highest BCUT2D eigenvalue weighted by molar-refractivity contribution is 7.89. The lowest BCUT2D eigenvalue weighted by molar-refractivity contribution is 0.102. The van der Waals surface area contributed by atoms with Crippen LogP contribution < -0.4 is 10.0 Å². The van der Waals surface area contributed by atoms with Gasteiger partial charge in [0, 0.05) is 17.3 Å². The first-order chi connectivity index (χ1) is 12.3. The van der Waals surface area contributed by atoms with Crippen molar-refractivity contribution < 1.29 is 17.6 Å². The summed E-state index contributed by atoms with van der Waals surface area (Å²) in [7, 11) is -4.01. The van der Waals surface area contributed by atoms with Crippen molar-refractivity contribution in [2.45, 2.75) is 43.5 Å². The molecule has 0 spiro atoms. The number of carbonyl (C=O) groups is 1. The number of rotatable bonds is 5. The number of hydrogen-bond donors (Lipinski definition) is 2. The van der Waals surface area contributed by atoms with Gasteiger partial charge in [0.15, 0.2) is 0 Å². The van der Waals surface area contributed by atoms with Crippen LogP contribution in [0.3, 0.4) is 0 Å². The number of benzene rings is 2. The van der Waals surface area contributed by atoms with Gasteiger partial charge < -0.3 is 5.32 Å². The van der Waals surface area contributed by atoms with E-state index < -0.39 is 26.6 Å². The monoisotopic (exact) mass is 376 g/mol. The highest BCUT2D eigenvalue weighted by Gasteiger charge is 2.26.